The molecular weight excluding hydrogens is 266 g/mol. The van der Waals surface area contributed by atoms with Crippen LogP contribution in [0.3, 0.4) is 0 Å². The normalized spacial score (nSPS) is 10.5. The number of ether oxygens (including phenoxy) is 1. The number of fused-ring (bicyclic) bond motifs is 1. The fourth-order valence-corrected chi connectivity index (χ4v) is 2.13. The Labute approximate surface area is 122 Å². The first-order chi connectivity index (χ1) is 10.2. The third-order valence-electron chi connectivity index (χ3n) is 3.21. The zero-order valence-electron chi connectivity index (χ0n) is 11.6. The summed E-state index contributed by atoms with van der Waals surface area (Å²) in [6, 6.07) is 13.1. The van der Waals surface area contributed by atoms with E-state index in [9.17, 15) is 4.79 Å². The molecule has 0 aliphatic heterocycles. The van der Waals surface area contributed by atoms with Crippen molar-refractivity contribution in [3.8, 4) is 5.75 Å². The largest absolute Gasteiger partial charge is 0.497 e. The van der Waals surface area contributed by atoms with E-state index in [2.05, 4.69) is 10.4 Å². The quantitative estimate of drug-likeness (QED) is 0.799. The zero-order chi connectivity index (χ0) is 14.7. The standard InChI is InChI=1S/C16H15N3O2/c1-21-15-4-2-12(3-5-15)10-16(20)18-13-7-9-19-14(11-13)6-8-17-19/h2-9,11H,10H2,1H3,(H,18,20). The predicted molar refractivity (Wildman–Crippen MR) is 80.5 cm³/mol. The van der Waals surface area contributed by atoms with E-state index in [4.69, 9.17) is 4.74 Å². The van der Waals surface area contributed by atoms with Gasteiger partial charge in [-0.3, -0.25) is 4.79 Å². The van der Waals surface area contributed by atoms with Crippen LogP contribution in [0.4, 0.5) is 5.69 Å². The molecular formula is C16H15N3O2. The molecule has 1 aromatic carbocycles. The van der Waals surface area contributed by atoms with Gasteiger partial charge in [0.1, 0.15) is 5.75 Å². The van der Waals surface area contributed by atoms with Crippen LogP contribution in [0.2, 0.25) is 0 Å². The van der Waals surface area contributed by atoms with E-state index in [1.807, 2.05) is 48.7 Å². The van der Waals surface area contributed by atoms with Crippen LogP contribution in [0.5, 0.6) is 5.75 Å². The van der Waals surface area contributed by atoms with Crippen LogP contribution in [0.25, 0.3) is 5.52 Å². The molecule has 5 nitrogen and oxygen atoms in total. The van der Waals surface area contributed by atoms with Gasteiger partial charge in [0, 0.05) is 18.1 Å². The highest BCUT2D eigenvalue weighted by Crippen LogP contribution is 2.14. The first-order valence-corrected chi connectivity index (χ1v) is 6.61. The molecule has 0 aliphatic carbocycles. The number of carbonyl (C=O) groups is 1. The number of pyridine rings is 1. The van der Waals surface area contributed by atoms with E-state index in [1.165, 1.54) is 0 Å². The number of nitrogens with zero attached hydrogens (tertiary/aromatic N) is 2. The lowest BCUT2D eigenvalue weighted by Crippen LogP contribution is -2.14. The Morgan fingerprint density at radius 1 is 1.24 bits per heavy atom. The molecule has 0 fully saturated rings. The maximum absolute atomic E-state index is 12.0. The number of methoxy groups -OCH3 is 1. The minimum absolute atomic E-state index is 0.0518. The smallest absolute Gasteiger partial charge is 0.228 e. The Bertz CT molecular complexity index is 763. The molecule has 1 amide bonds. The molecule has 21 heavy (non-hydrogen) atoms. The SMILES string of the molecule is COc1ccc(CC(=O)Nc2ccn3nccc3c2)cc1. The second kappa shape index (κ2) is 5.66. The maximum Gasteiger partial charge on any atom is 0.228 e. The molecule has 0 radical (unpaired) electrons. The second-order valence-corrected chi connectivity index (χ2v) is 4.69. The monoisotopic (exact) mass is 281 g/mol. The molecule has 2 heterocycles. The van der Waals surface area contributed by atoms with Crippen LogP contribution in [0.15, 0.2) is 54.9 Å². The van der Waals surface area contributed by atoms with Gasteiger partial charge in [-0.25, -0.2) is 4.52 Å². The van der Waals surface area contributed by atoms with E-state index in [0.29, 0.717) is 6.42 Å². The predicted octanol–water partition coefficient (Wildman–Crippen LogP) is 2.52. The summed E-state index contributed by atoms with van der Waals surface area (Å²) < 4.78 is 6.84. The van der Waals surface area contributed by atoms with Gasteiger partial charge in [0.15, 0.2) is 0 Å². The van der Waals surface area contributed by atoms with Crippen LogP contribution >= 0.6 is 0 Å². The van der Waals surface area contributed by atoms with Gasteiger partial charge in [0.2, 0.25) is 5.91 Å². The van der Waals surface area contributed by atoms with Crippen LogP contribution in [0.1, 0.15) is 5.56 Å². The third kappa shape index (κ3) is 3.02. The zero-order valence-corrected chi connectivity index (χ0v) is 11.6. The molecule has 0 spiro atoms. The summed E-state index contributed by atoms with van der Waals surface area (Å²) in [5.41, 5.74) is 2.65. The number of carbonyl (C=O) groups excluding carboxylic acids is 1. The molecule has 1 N–H and O–H groups in total. The van der Waals surface area contributed by atoms with Gasteiger partial charge < -0.3 is 10.1 Å². The Morgan fingerprint density at radius 2 is 2.05 bits per heavy atom. The van der Waals surface area contributed by atoms with Gasteiger partial charge in [-0.05, 0) is 35.9 Å². The van der Waals surface area contributed by atoms with Crippen LogP contribution in [-0.4, -0.2) is 22.6 Å². The van der Waals surface area contributed by atoms with Gasteiger partial charge in [-0.1, -0.05) is 12.1 Å². The molecule has 2 aromatic heterocycles. The molecule has 5 heteroatoms. The van der Waals surface area contributed by atoms with Crippen molar-refractivity contribution in [2.75, 3.05) is 12.4 Å². The van der Waals surface area contributed by atoms with Crippen LogP contribution in [-0.2, 0) is 11.2 Å². The number of benzene rings is 1. The number of hydrogen-bond acceptors (Lipinski definition) is 3. The summed E-state index contributed by atoms with van der Waals surface area (Å²) in [7, 11) is 1.62. The van der Waals surface area contributed by atoms with Gasteiger partial charge in [-0.2, -0.15) is 5.10 Å². The Kier molecular flexibility index (Phi) is 3.55. The van der Waals surface area contributed by atoms with E-state index in [1.54, 1.807) is 17.8 Å². The van der Waals surface area contributed by atoms with Crippen molar-refractivity contribution in [2.45, 2.75) is 6.42 Å². The first kappa shape index (κ1) is 13.2. The average molecular weight is 281 g/mol. The summed E-state index contributed by atoms with van der Waals surface area (Å²) in [6.07, 6.45) is 3.87. The summed E-state index contributed by atoms with van der Waals surface area (Å²) in [5, 5.41) is 7.00. The number of rotatable bonds is 4. The maximum atomic E-state index is 12.0. The van der Waals surface area contributed by atoms with Crippen molar-refractivity contribution >= 4 is 17.1 Å². The molecule has 0 saturated heterocycles. The van der Waals surface area contributed by atoms with Crippen molar-refractivity contribution in [1.29, 1.82) is 0 Å². The minimum Gasteiger partial charge on any atom is -0.497 e. The number of hydrogen-bond donors (Lipinski definition) is 1. The van der Waals surface area contributed by atoms with E-state index in [0.717, 1.165) is 22.5 Å². The van der Waals surface area contributed by atoms with Gasteiger partial charge >= 0.3 is 0 Å². The summed E-state index contributed by atoms with van der Waals surface area (Å²) in [4.78, 5) is 12.0. The molecule has 106 valence electrons. The Hall–Kier alpha value is -2.82. The van der Waals surface area contributed by atoms with Gasteiger partial charge in [0.25, 0.3) is 0 Å². The fraction of sp³-hybridized carbons (Fsp3) is 0.125. The Balaban J connectivity index is 1.67. The molecule has 0 atom stereocenters. The van der Waals surface area contributed by atoms with Crippen molar-refractivity contribution in [2.24, 2.45) is 0 Å². The highest BCUT2D eigenvalue weighted by molar-refractivity contribution is 5.92. The molecule has 3 aromatic rings. The highest BCUT2D eigenvalue weighted by Gasteiger charge is 2.05. The van der Waals surface area contributed by atoms with Crippen molar-refractivity contribution in [3.05, 3.63) is 60.4 Å². The molecule has 0 saturated carbocycles. The second-order valence-electron chi connectivity index (χ2n) is 4.69. The summed E-state index contributed by atoms with van der Waals surface area (Å²) >= 11 is 0. The minimum atomic E-state index is -0.0518. The highest BCUT2D eigenvalue weighted by atomic mass is 16.5. The topological polar surface area (TPSA) is 55.6 Å². The van der Waals surface area contributed by atoms with Crippen molar-refractivity contribution in [1.82, 2.24) is 9.61 Å². The number of anilines is 1. The molecule has 0 unspecified atom stereocenters. The first-order valence-electron chi connectivity index (χ1n) is 6.61. The average Bonchev–Trinajstić information content (AvgIpc) is 2.95. The third-order valence-corrected chi connectivity index (χ3v) is 3.21. The number of amides is 1. The van der Waals surface area contributed by atoms with Gasteiger partial charge in [0.05, 0.1) is 19.0 Å². The summed E-state index contributed by atoms with van der Waals surface area (Å²) in [5.74, 6) is 0.731. The molecule has 0 aliphatic rings. The van der Waals surface area contributed by atoms with Crippen molar-refractivity contribution in [3.63, 3.8) is 0 Å². The van der Waals surface area contributed by atoms with E-state index >= 15 is 0 Å². The van der Waals surface area contributed by atoms with Crippen LogP contribution in [0, 0.1) is 0 Å². The molecule has 0 bridgehead atoms. The van der Waals surface area contributed by atoms with E-state index < -0.39 is 0 Å². The summed E-state index contributed by atoms with van der Waals surface area (Å²) in [6.45, 7) is 0. The lowest BCUT2D eigenvalue weighted by Gasteiger charge is -2.06. The number of nitrogens with one attached hydrogen (secondary N) is 1. The Morgan fingerprint density at radius 3 is 2.81 bits per heavy atom. The lowest BCUT2D eigenvalue weighted by atomic mass is 10.1. The lowest BCUT2D eigenvalue weighted by molar-refractivity contribution is -0.115. The number of aromatic nitrogens is 2. The van der Waals surface area contributed by atoms with Gasteiger partial charge in [-0.15, -0.1) is 0 Å². The fourth-order valence-electron chi connectivity index (χ4n) is 2.13. The van der Waals surface area contributed by atoms with Crippen LogP contribution < -0.4 is 10.1 Å². The van der Waals surface area contributed by atoms with E-state index in [-0.39, 0.29) is 5.91 Å². The molecule has 3 rings (SSSR count). The van der Waals surface area contributed by atoms with Crippen molar-refractivity contribution < 1.29 is 9.53 Å².